The summed E-state index contributed by atoms with van der Waals surface area (Å²) in [6.07, 6.45) is -0.498. The molecule has 0 aliphatic carbocycles. The van der Waals surface area contributed by atoms with E-state index in [-0.39, 0.29) is 37.7 Å². The molecular weight excluding hydrogens is 453 g/mol. The zero-order valence-corrected chi connectivity index (χ0v) is 19.2. The Morgan fingerprint density at radius 2 is 1.73 bits per heavy atom. The number of halogens is 1. The Hall–Kier alpha value is -3.18. The summed E-state index contributed by atoms with van der Waals surface area (Å²) in [5.74, 6) is -1.24. The van der Waals surface area contributed by atoms with Crippen molar-refractivity contribution in [3.63, 3.8) is 0 Å². The number of piperazine rings is 1. The number of benzene rings is 2. The quantitative estimate of drug-likeness (QED) is 0.655. The van der Waals surface area contributed by atoms with Crippen molar-refractivity contribution < 1.29 is 31.9 Å². The van der Waals surface area contributed by atoms with Gasteiger partial charge in [-0.15, -0.1) is 0 Å². The summed E-state index contributed by atoms with van der Waals surface area (Å²) >= 11 is 0. The van der Waals surface area contributed by atoms with Crippen LogP contribution in [0.2, 0.25) is 0 Å². The molecule has 9 nitrogen and oxygen atoms in total. The predicted molar refractivity (Wildman–Crippen MR) is 119 cm³/mol. The van der Waals surface area contributed by atoms with Gasteiger partial charge in [0.1, 0.15) is 11.6 Å². The number of para-hydroxylation sites is 2. The SMILES string of the molecule is CCOC(=O)N1CCN(S(=O)(=O)c2ccc(F)c(C(=O)Nc3ccccc3OCC)c2)CC1. The molecule has 1 aliphatic rings. The van der Waals surface area contributed by atoms with E-state index in [0.717, 1.165) is 18.2 Å². The fraction of sp³-hybridized carbons (Fsp3) is 0.364. The van der Waals surface area contributed by atoms with Crippen molar-refractivity contribution >= 4 is 27.7 Å². The van der Waals surface area contributed by atoms with Gasteiger partial charge >= 0.3 is 6.09 Å². The highest BCUT2D eigenvalue weighted by atomic mass is 32.2. The Morgan fingerprint density at radius 1 is 1.03 bits per heavy atom. The van der Waals surface area contributed by atoms with Gasteiger partial charge in [-0.1, -0.05) is 12.1 Å². The fourth-order valence-electron chi connectivity index (χ4n) is 3.35. The van der Waals surface area contributed by atoms with E-state index in [2.05, 4.69) is 5.32 Å². The normalized spacial score (nSPS) is 14.6. The molecule has 2 amide bonds. The monoisotopic (exact) mass is 479 g/mol. The standard InChI is InChI=1S/C22H26FN3O6S/c1-3-31-20-8-6-5-7-19(20)24-21(27)17-15-16(9-10-18(17)23)33(29,30)26-13-11-25(12-14-26)22(28)32-4-2/h5-10,15H,3-4,11-14H2,1-2H3,(H,24,27). The molecule has 1 aliphatic heterocycles. The van der Waals surface area contributed by atoms with Crippen LogP contribution in [0.25, 0.3) is 0 Å². The molecule has 11 heteroatoms. The lowest BCUT2D eigenvalue weighted by atomic mass is 10.2. The van der Waals surface area contributed by atoms with Gasteiger partial charge in [-0.05, 0) is 44.2 Å². The average molecular weight is 480 g/mol. The number of sulfonamides is 1. The van der Waals surface area contributed by atoms with E-state index in [1.54, 1.807) is 38.1 Å². The van der Waals surface area contributed by atoms with E-state index in [4.69, 9.17) is 9.47 Å². The van der Waals surface area contributed by atoms with Crippen LogP contribution in [0.4, 0.5) is 14.9 Å². The number of carbonyl (C=O) groups excluding carboxylic acids is 2. The molecule has 1 N–H and O–H groups in total. The topological polar surface area (TPSA) is 105 Å². The Labute approximate surface area is 192 Å². The van der Waals surface area contributed by atoms with Crippen LogP contribution in [-0.2, 0) is 14.8 Å². The third-order valence-corrected chi connectivity index (χ3v) is 6.91. The van der Waals surface area contributed by atoms with Gasteiger partial charge in [-0.3, -0.25) is 4.79 Å². The second-order valence-electron chi connectivity index (χ2n) is 7.12. The number of amides is 2. The van der Waals surface area contributed by atoms with Gasteiger partial charge in [0.25, 0.3) is 5.91 Å². The summed E-state index contributed by atoms with van der Waals surface area (Å²) in [5, 5.41) is 2.57. The van der Waals surface area contributed by atoms with E-state index in [9.17, 15) is 22.4 Å². The molecule has 3 rings (SSSR count). The van der Waals surface area contributed by atoms with Crippen molar-refractivity contribution in [2.24, 2.45) is 0 Å². The molecule has 178 valence electrons. The number of nitrogens with one attached hydrogen (secondary N) is 1. The Kier molecular flexibility index (Phi) is 7.88. The lowest BCUT2D eigenvalue weighted by molar-refractivity contribution is 0.0933. The first-order valence-corrected chi connectivity index (χ1v) is 12.0. The molecule has 0 atom stereocenters. The Balaban J connectivity index is 1.78. The summed E-state index contributed by atoms with van der Waals surface area (Å²) in [7, 11) is -4.00. The zero-order chi connectivity index (χ0) is 24.0. The van der Waals surface area contributed by atoms with Crippen molar-refractivity contribution in [2.75, 3.05) is 44.7 Å². The second-order valence-corrected chi connectivity index (χ2v) is 9.05. The van der Waals surface area contributed by atoms with Gasteiger partial charge < -0.3 is 19.7 Å². The molecule has 33 heavy (non-hydrogen) atoms. The highest BCUT2D eigenvalue weighted by Crippen LogP contribution is 2.26. The summed E-state index contributed by atoms with van der Waals surface area (Å²) in [6, 6.07) is 9.76. The van der Waals surface area contributed by atoms with Crippen LogP contribution in [0.5, 0.6) is 5.75 Å². The van der Waals surface area contributed by atoms with Crippen molar-refractivity contribution in [2.45, 2.75) is 18.7 Å². The summed E-state index contributed by atoms with van der Waals surface area (Å²) in [6.45, 7) is 4.53. The minimum absolute atomic E-state index is 0.0573. The van der Waals surface area contributed by atoms with Crippen LogP contribution in [0.15, 0.2) is 47.4 Å². The molecule has 2 aromatic rings. The zero-order valence-electron chi connectivity index (χ0n) is 18.4. The van der Waals surface area contributed by atoms with Crippen LogP contribution in [-0.4, -0.2) is 69.0 Å². The average Bonchev–Trinajstić information content (AvgIpc) is 2.81. The Bertz CT molecular complexity index is 1120. The molecule has 0 unspecified atom stereocenters. The first-order valence-electron chi connectivity index (χ1n) is 10.5. The lowest BCUT2D eigenvalue weighted by Crippen LogP contribution is -2.50. The van der Waals surface area contributed by atoms with E-state index in [1.165, 1.54) is 9.21 Å². The molecule has 0 bridgehead atoms. The first kappa shape index (κ1) is 24.5. The smallest absolute Gasteiger partial charge is 0.409 e. The van der Waals surface area contributed by atoms with Crippen LogP contribution in [0, 0.1) is 5.82 Å². The first-order chi connectivity index (χ1) is 15.8. The lowest BCUT2D eigenvalue weighted by Gasteiger charge is -2.33. The number of hydrogen-bond acceptors (Lipinski definition) is 6. The summed E-state index contributed by atoms with van der Waals surface area (Å²) < 4.78 is 52.2. The van der Waals surface area contributed by atoms with Gasteiger partial charge in [-0.2, -0.15) is 4.31 Å². The van der Waals surface area contributed by atoms with Crippen LogP contribution in [0.1, 0.15) is 24.2 Å². The molecule has 1 saturated heterocycles. The van der Waals surface area contributed by atoms with Gasteiger partial charge in [0.15, 0.2) is 0 Å². The number of anilines is 1. The number of carbonyl (C=O) groups is 2. The van der Waals surface area contributed by atoms with Crippen molar-refractivity contribution in [1.82, 2.24) is 9.21 Å². The fourth-order valence-corrected chi connectivity index (χ4v) is 4.80. The predicted octanol–water partition coefficient (Wildman–Crippen LogP) is 2.94. The maximum atomic E-state index is 14.5. The molecule has 1 fully saturated rings. The van der Waals surface area contributed by atoms with E-state index in [1.807, 2.05) is 0 Å². The third kappa shape index (κ3) is 5.60. The molecule has 1 heterocycles. The van der Waals surface area contributed by atoms with Crippen molar-refractivity contribution in [3.05, 3.63) is 53.8 Å². The largest absolute Gasteiger partial charge is 0.492 e. The number of ether oxygens (including phenoxy) is 2. The molecule has 0 saturated carbocycles. The number of nitrogens with zero attached hydrogens (tertiary/aromatic N) is 2. The molecule has 2 aromatic carbocycles. The van der Waals surface area contributed by atoms with Crippen molar-refractivity contribution in [3.8, 4) is 5.75 Å². The summed E-state index contributed by atoms with van der Waals surface area (Å²) in [5.41, 5.74) is -0.0698. The number of rotatable bonds is 7. The second kappa shape index (κ2) is 10.6. The minimum Gasteiger partial charge on any atom is -0.492 e. The number of hydrogen-bond donors (Lipinski definition) is 1. The minimum atomic E-state index is -4.00. The van der Waals surface area contributed by atoms with E-state index >= 15 is 0 Å². The van der Waals surface area contributed by atoms with Crippen LogP contribution in [0.3, 0.4) is 0 Å². The van der Waals surface area contributed by atoms with Gasteiger partial charge in [0, 0.05) is 26.2 Å². The van der Waals surface area contributed by atoms with Gasteiger partial charge in [-0.25, -0.2) is 17.6 Å². The Morgan fingerprint density at radius 3 is 2.39 bits per heavy atom. The highest BCUT2D eigenvalue weighted by molar-refractivity contribution is 7.89. The molecular formula is C22H26FN3O6S. The van der Waals surface area contributed by atoms with Crippen molar-refractivity contribution in [1.29, 1.82) is 0 Å². The molecule has 0 radical (unpaired) electrons. The maximum absolute atomic E-state index is 14.5. The van der Waals surface area contributed by atoms with Gasteiger partial charge in [0.2, 0.25) is 10.0 Å². The molecule has 0 spiro atoms. The highest BCUT2D eigenvalue weighted by Gasteiger charge is 2.31. The van der Waals surface area contributed by atoms with Crippen LogP contribution < -0.4 is 10.1 Å². The van der Waals surface area contributed by atoms with E-state index in [0.29, 0.717) is 18.0 Å². The molecule has 0 aromatic heterocycles. The maximum Gasteiger partial charge on any atom is 0.409 e. The van der Waals surface area contributed by atoms with E-state index < -0.39 is 33.4 Å². The third-order valence-electron chi connectivity index (χ3n) is 5.02. The van der Waals surface area contributed by atoms with Gasteiger partial charge in [0.05, 0.1) is 29.4 Å². The summed E-state index contributed by atoms with van der Waals surface area (Å²) in [4.78, 5) is 25.8. The van der Waals surface area contributed by atoms with Crippen LogP contribution >= 0.6 is 0 Å².